The van der Waals surface area contributed by atoms with E-state index in [1.807, 2.05) is 12.3 Å². The fraction of sp³-hybridized carbons (Fsp3) is 0.562. The molecule has 3 N–H and O–H groups in total. The zero-order chi connectivity index (χ0) is 15.3. The summed E-state index contributed by atoms with van der Waals surface area (Å²) in [6, 6.07) is 4.28. The highest BCUT2D eigenvalue weighted by atomic mass is 32.1. The summed E-state index contributed by atoms with van der Waals surface area (Å²) < 4.78 is 7.41. The Bertz CT molecular complexity index is 650. The molecule has 2 atom stereocenters. The Kier molecular flexibility index (Phi) is 3.56. The molecule has 3 rings (SSSR count). The van der Waals surface area contributed by atoms with Crippen LogP contribution < -0.4 is 11.3 Å². The maximum Gasteiger partial charge on any atom is 0.0809 e. The zero-order valence-corrected chi connectivity index (χ0v) is 13.8. The van der Waals surface area contributed by atoms with E-state index in [1.54, 1.807) is 11.3 Å². The first-order valence-corrected chi connectivity index (χ1v) is 8.20. The minimum absolute atomic E-state index is 0.0424. The van der Waals surface area contributed by atoms with Gasteiger partial charge in [-0.15, -0.1) is 11.3 Å². The standard InChI is InChI=1S/C16H23N3OS/c1-15(2)8-11(16(3,4)20-15)14(19-17)10-7-13-12(18-9-10)5-6-21-13/h5-7,9,11,14,19H,8,17H2,1-4H3. The van der Waals surface area contributed by atoms with Gasteiger partial charge >= 0.3 is 0 Å². The maximum absolute atomic E-state index is 6.21. The third kappa shape index (κ3) is 2.71. The summed E-state index contributed by atoms with van der Waals surface area (Å²) in [6.07, 6.45) is 2.90. The molecule has 2 aromatic heterocycles. The molecular weight excluding hydrogens is 282 g/mol. The Morgan fingerprint density at radius 3 is 2.81 bits per heavy atom. The number of nitrogens with one attached hydrogen (secondary N) is 1. The SMILES string of the molecule is CC1(C)CC(C(NN)c2cnc3ccsc3c2)C(C)(C)O1. The molecule has 0 bridgehead atoms. The molecule has 4 nitrogen and oxygen atoms in total. The Balaban J connectivity index is 1.97. The van der Waals surface area contributed by atoms with Crippen molar-refractivity contribution in [2.45, 2.75) is 51.4 Å². The Labute approximate surface area is 129 Å². The van der Waals surface area contributed by atoms with Crippen LogP contribution >= 0.6 is 11.3 Å². The van der Waals surface area contributed by atoms with Gasteiger partial charge in [0.1, 0.15) is 0 Å². The van der Waals surface area contributed by atoms with Crippen molar-refractivity contribution in [3.8, 4) is 0 Å². The molecule has 0 aromatic carbocycles. The molecule has 3 heterocycles. The van der Waals surface area contributed by atoms with Crippen LogP contribution in [0.1, 0.15) is 45.7 Å². The van der Waals surface area contributed by atoms with Gasteiger partial charge < -0.3 is 4.74 Å². The number of hydrogen-bond donors (Lipinski definition) is 2. The van der Waals surface area contributed by atoms with Crippen molar-refractivity contribution in [3.05, 3.63) is 29.3 Å². The fourth-order valence-corrected chi connectivity index (χ4v) is 4.39. The summed E-state index contributed by atoms with van der Waals surface area (Å²) in [7, 11) is 0. The predicted octanol–water partition coefficient (Wildman–Crippen LogP) is 3.39. The van der Waals surface area contributed by atoms with Gasteiger partial charge in [-0.05, 0) is 57.2 Å². The van der Waals surface area contributed by atoms with Gasteiger partial charge in [0.25, 0.3) is 0 Å². The second-order valence-corrected chi connectivity index (χ2v) is 7.94. The number of hydrazine groups is 1. The highest BCUT2D eigenvalue weighted by Crippen LogP contribution is 2.47. The van der Waals surface area contributed by atoms with Crippen molar-refractivity contribution in [3.63, 3.8) is 0 Å². The molecule has 0 spiro atoms. The zero-order valence-electron chi connectivity index (χ0n) is 13.0. The number of hydrogen-bond acceptors (Lipinski definition) is 5. The first-order chi connectivity index (χ1) is 9.82. The molecule has 1 aliphatic heterocycles. The monoisotopic (exact) mass is 305 g/mol. The van der Waals surface area contributed by atoms with Gasteiger partial charge in [-0.1, -0.05) is 0 Å². The van der Waals surface area contributed by atoms with E-state index in [0.717, 1.165) is 17.5 Å². The lowest BCUT2D eigenvalue weighted by molar-refractivity contribution is -0.0779. The van der Waals surface area contributed by atoms with E-state index in [0.29, 0.717) is 5.92 Å². The number of fused-ring (bicyclic) bond motifs is 1. The van der Waals surface area contributed by atoms with Crippen molar-refractivity contribution in [1.82, 2.24) is 10.4 Å². The number of aromatic nitrogens is 1. The fourth-order valence-electron chi connectivity index (χ4n) is 3.60. The molecule has 0 radical (unpaired) electrons. The average molecular weight is 305 g/mol. The van der Waals surface area contributed by atoms with Gasteiger partial charge in [0.2, 0.25) is 0 Å². The molecule has 114 valence electrons. The minimum Gasteiger partial charge on any atom is -0.369 e. The van der Waals surface area contributed by atoms with Crippen LogP contribution in [-0.4, -0.2) is 16.2 Å². The number of nitrogens with two attached hydrogens (primary N) is 1. The number of ether oxygens (including phenoxy) is 1. The lowest BCUT2D eigenvalue weighted by Crippen LogP contribution is -2.41. The Hall–Kier alpha value is -1.01. The van der Waals surface area contributed by atoms with Crippen molar-refractivity contribution < 1.29 is 4.74 Å². The highest BCUT2D eigenvalue weighted by Gasteiger charge is 2.49. The van der Waals surface area contributed by atoms with E-state index in [-0.39, 0.29) is 17.2 Å². The van der Waals surface area contributed by atoms with Gasteiger partial charge in [-0.3, -0.25) is 16.3 Å². The molecule has 2 unspecified atom stereocenters. The van der Waals surface area contributed by atoms with Gasteiger partial charge in [-0.2, -0.15) is 0 Å². The quantitative estimate of drug-likeness (QED) is 0.674. The van der Waals surface area contributed by atoms with Crippen LogP contribution in [0.2, 0.25) is 0 Å². The molecule has 2 aromatic rings. The van der Waals surface area contributed by atoms with Crippen LogP contribution in [0.15, 0.2) is 23.7 Å². The van der Waals surface area contributed by atoms with E-state index in [9.17, 15) is 0 Å². The van der Waals surface area contributed by atoms with Gasteiger partial charge in [-0.25, -0.2) is 0 Å². The van der Waals surface area contributed by atoms with Crippen LogP contribution in [0, 0.1) is 5.92 Å². The third-order valence-electron chi connectivity index (χ3n) is 4.41. The minimum atomic E-state index is -0.217. The van der Waals surface area contributed by atoms with Gasteiger partial charge in [0.05, 0.1) is 27.5 Å². The largest absolute Gasteiger partial charge is 0.369 e. The van der Waals surface area contributed by atoms with E-state index in [4.69, 9.17) is 10.6 Å². The predicted molar refractivity (Wildman–Crippen MR) is 87.0 cm³/mol. The van der Waals surface area contributed by atoms with Crippen LogP contribution in [0.5, 0.6) is 0 Å². The molecule has 5 heteroatoms. The van der Waals surface area contributed by atoms with Crippen molar-refractivity contribution in [1.29, 1.82) is 0 Å². The lowest BCUT2D eigenvalue weighted by Gasteiger charge is -2.32. The van der Waals surface area contributed by atoms with E-state index in [2.05, 4.69) is 49.6 Å². The Morgan fingerprint density at radius 2 is 2.19 bits per heavy atom. The topological polar surface area (TPSA) is 60.2 Å². The van der Waals surface area contributed by atoms with Crippen molar-refractivity contribution in [2.75, 3.05) is 0 Å². The van der Waals surface area contributed by atoms with Crippen LogP contribution in [0.3, 0.4) is 0 Å². The van der Waals surface area contributed by atoms with Crippen LogP contribution in [0.25, 0.3) is 10.2 Å². The molecule has 1 saturated heterocycles. The number of nitrogens with zero attached hydrogens (tertiary/aromatic N) is 1. The first kappa shape index (κ1) is 14.9. The maximum atomic E-state index is 6.21. The summed E-state index contributed by atoms with van der Waals surface area (Å²) in [6.45, 7) is 8.58. The molecule has 1 aliphatic rings. The summed E-state index contributed by atoms with van der Waals surface area (Å²) in [5, 5.41) is 2.07. The molecule has 1 fully saturated rings. The van der Waals surface area contributed by atoms with Gasteiger partial charge in [0, 0.05) is 12.1 Å². The normalized spacial score (nSPS) is 25.3. The number of pyridine rings is 1. The van der Waals surface area contributed by atoms with Crippen molar-refractivity contribution >= 4 is 21.6 Å². The van der Waals surface area contributed by atoms with E-state index in [1.165, 1.54) is 4.70 Å². The second-order valence-electron chi connectivity index (χ2n) is 6.99. The number of rotatable bonds is 3. The molecular formula is C16H23N3OS. The smallest absolute Gasteiger partial charge is 0.0809 e. The summed E-state index contributed by atoms with van der Waals surface area (Å²) in [5.41, 5.74) is 4.83. The van der Waals surface area contributed by atoms with E-state index >= 15 is 0 Å². The molecule has 0 aliphatic carbocycles. The van der Waals surface area contributed by atoms with E-state index < -0.39 is 0 Å². The Morgan fingerprint density at radius 1 is 1.43 bits per heavy atom. The first-order valence-electron chi connectivity index (χ1n) is 7.32. The molecule has 21 heavy (non-hydrogen) atoms. The van der Waals surface area contributed by atoms with Gasteiger partial charge in [0.15, 0.2) is 0 Å². The summed E-state index contributed by atoms with van der Waals surface area (Å²) >= 11 is 1.71. The highest BCUT2D eigenvalue weighted by molar-refractivity contribution is 7.17. The summed E-state index contributed by atoms with van der Waals surface area (Å²) in [5.74, 6) is 6.19. The summed E-state index contributed by atoms with van der Waals surface area (Å²) in [4.78, 5) is 4.54. The molecule has 0 amide bonds. The van der Waals surface area contributed by atoms with Crippen LogP contribution in [0.4, 0.5) is 0 Å². The third-order valence-corrected chi connectivity index (χ3v) is 5.26. The second kappa shape index (κ2) is 5.02. The average Bonchev–Trinajstić information content (AvgIpc) is 2.92. The lowest BCUT2D eigenvalue weighted by atomic mass is 9.79. The van der Waals surface area contributed by atoms with Crippen LogP contribution in [-0.2, 0) is 4.74 Å². The number of thiophene rings is 1. The molecule has 0 saturated carbocycles. The van der Waals surface area contributed by atoms with Crippen molar-refractivity contribution in [2.24, 2.45) is 11.8 Å².